The lowest BCUT2D eigenvalue weighted by Crippen LogP contribution is -2.61. The van der Waals surface area contributed by atoms with Crippen molar-refractivity contribution in [2.24, 2.45) is 29.6 Å². The largest absolute Gasteiger partial charge is 0.473 e. The van der Waals surface area contributed by atoms with Crippen molar-refractivity contribution in [3.05, 3.63) is 0 Å². The molecule has 6 nitrogen and oxygen atoms in total. The van der Waals surface area contributed by atoms with Crippen molar-refractivity contribution in [3.63, 3.8) is 0 Å². The molecule has 6 fully saturated rings. The van der Waals surface area contributed by atoms with Gasteiger partial charge in [-0.2, -0.15) is 0 Å². The number of piperazine rings is 1. The summed E-state index contributed by atoms with van der Waals surface area (Å²) in [5.41, 5.74) is 0. The third-order valence-corrected chi connectivity index (χ3v) is 8.63. The van der Waals surface area contributed by atoms with Crippen LogP contribution in [0, 0.1) is 29.6 Å². The highest BCUT2D eigenvalue weighted by atomic mass is 16.4. The van der Waals surface area contributed by atoms with Gasteiger partial charge in [-0.05, 0) is 87.4 Å². The third-order valence-electron chi connectivity index (χ3n) is 8.63. The second-order valence-electron chi connectivity index (χ2n) is 10.5. The topological polar surface area (TPSA) is 81.1 Å². The molecule has 0 amide bonds. The van der Waals surface area contributed by atoms with Crippen molar-refractivity contribution in [1.82, 2.24) is 9.80 Å². The number of aliphatic carboxylic acids is 2. The van der Waals surface area contributed by atoms with Gasteiger partial charge in [0.15, 0.2) is 0 Å². The maximum absolute atomic E-state index is 9.10. The highest BCUT2D eigenvalue weighted by Gasteiger charge is 2.50. The molecule has 1 saturated heterocycles. The van der Waals surface area contributed by atoms with Crippen molar-refractivity contribution in [1.29, 1.82) is 0 Å². The van der Waals surface area contributed by atoms with Crippen LogP contribution in [0.5, 0.6) is 0 Å². The van der Waals surface area contributed by atoms with Crippen LogP contribution < -0.4 is 0 Å². The Morgan fingerprint density at radius 2 is 1.14 bits per heavy atom. The van der Waals surface area contributed by atoms with E-state index in [1.54, 1.807) is 32.1 Å². The maximum atomic E-state index is 9.10. The molecule has 6 aliphatic rings. The zero-order valence-electron chi connectivity index (χ0n) is 17.8. The fourth-order valence-electron chi connectivity index (χ4n) is 7.50. The van der Waals surface area contributed by atoms with E-state index in [-0.39, 0.29) is 0 Å². The van der Waals surface area contributed by atoms with Crippen molar-refractivity contribution >= 4 is 11.9 Å². The molecule has 5 aliphatic carbocycles. The molecular formula is C23H38N2O4. The number of rotatable bonds is 2. The summed E-state index contributed by atoms with van der Waals surface area (Å²) >= 11 is 0. The second kappa shape index (κ2) is 8.93. The smallest absolute Gasteiger partial charge is 0.414 e. The van der Waals surface area contributed by atoms with Crippen LogP contribution in [0.15, 0.2) is 0 Å². The molecule has 1 aliphatic heterocycles. The van der Waals surface area contributed by atoms with Gasteiger partial charge in [-0.15, -0.1) is 0 Å². The summed E-state index contributed by atoms with van der Waals surface area (Å²) in [6.45, 7) is 7.92. The van der Waals surface area contributed by atoms with E-state index in [0.717, 1.165) is 41.7 Å². The number of hydrogen-bond donors (Lipinski definition) is 2. The standard InChI is InChI=1S/C21H36N2.C2H2O4/c1-15-2-4-20(5-3-15)22-6-8-23(9-7-22)21-18-11-16-10-17(13-18)14-19(21)12-16;3-1(4)2(5)6/h15-21H,2-14H2,1H3;(H,3,4)(H,5,6). The summed E-state index contributed by atoms with van der Waals surface area (Å²) in [6.07, 6.45) is 13.8. The average molecular weight is 407 g/mol. The highest BCUT2D eigenvalue weighted by Crippen LogP contribution is 2.55. The normalized spacial score (nSPS) is 42.2. The van der Waals surface area contributed by atoms with E-state index in [2.05, 4.69) is 16.7 Å². The predicted octanol–water partition coefficient (Wildman–Crippen LogP) is 3.16. The van der Waals surface area contributed by atoms with Crippen molar-refractivity contribution in [3.8, 4) is 0 Å². The lowest BCUT2D eigenvalue weighted by atomic mass is 9.54. The van der Waals surface area contributed by atoms with Crippen LogP contribution in [0.1, 0.15) is 64.7 Å². The van der Waals surface area contributed by atoms with Gasteiger partial charge in [-0.25, -0.2) is 9.59 Å². The monoisotopic (exact) mass is 406 g/mol. The third kappa shape index (κ3) is 4.79. The summed E-state index contributed by atoms with van der Waals surface area (Å²) < 4.78 is 0. The Hall–Kier alpha value is -1.14. The van der Waals surface area contributed by atoms with E-state index >= 15 is 0 Å². The average Bonchev–Trinajstić information content (AvgIpc) is 2.69. The first-order chi connectivity index (χ1) is 13.9. The van der Waals surface area contributed by atoms with Gasteiger partial charge in [0.25, 0.3) is 0 Å². The van der Waals surface area contributed by atoms with Gasteiger partial charge in [-0.3, -0.25) is 9.80 Å². The first-order valence-corrected chi connectivity index (χ1v) is 11.8. The molecule has 0 radical (unpaired) electrons. The first kappa shape index (κ1) is 21.1. The van der Waals surface area contributed by atoms with Gasteiger partial charge in [0.05, 0.1) is 0 Å². The first-order valence-electron chi connectivity index (χ1n) is 11.8. The molecule has 0 spiro atoms. The minimum Gasteiger partial charge on any atom is -0.473 e. The predicted molar refractivity (Wildman–Crippen MR) is 111 cm³/mol. The molecule has 164 valence electrons. The van der Waals surface area contributed by atoms with E-state index < -0.39 is 11.9 Å². The Bertz CT molecular complexity index is 554. The SMILES string of the molecule is CC1CCC(N2CCN(C3C4CC5CC(C4)CC3C5)CC2)CC1.O=C(O)C(=O)O. The van der Waals surface area contributed by atoms with Gasteiger partial charge in [0.1, 0.15) is 0 Å². The lowest BCUT2D eigenvalue weighted by Gasteiger charge is -2.58. The molecule has 29 heavy (non-hydrogen) atoms. The van der Waals surface area contributed by atoms with Gasteiger partial charge in [0, 0.05) is 38.3 Å². The van der Waals surface area contributed by atoms with Crippen LogP contribution in [0.3, 0.4) is 0 Å². The molecular weight excluding hydrogens is 368 g/mol. The number of carboxylic acid groups (broad SMARTS) is 2. The van der Waals surface area contributed by atoms with Crippen LogP contribution in [-0.2, 0) is 9.59 Å². The van der Waals surface area contributed by atoms with Crippen molar-refractivity contribution in [2.75, 3.05) is 26.2 Å². The number of carboxylic acids is 2. The summed E-state index contributed by atoms with van der Waals surface area (Å²) in [5, 5.41) is 14.8. The van der Waals surface area contributed by atoms with Gasteiger partial charge < -0.3 is 10.2 Å². The van der Waals surface area contributed by atoms with Crippen LogP contribution in [0.2, 0.25) is 0 Å². The molecule has 6 rings (SSSR count). The molecule has 0 unspecified atom stereocenters. The fourth-order valence-corrected chi connectivity index (χ4v) is 7.50. The zero-order valence-corrected chi connectivity index (χ0v) is 17.8. The number of hydrogen-bond acceptors (Lipinski definition) is 4. The molecule has 0 aromatic rings. The molecule has 2 N–H and O–H groups in total. The number of carbonyl (C=O) groups is 2. The summed E-state index contributed by atoms with van der Waals surface area (Å²) in [7, 11) is 0. The van der Waals surface area contributed by atoms with E-state index in [4.69, 9.17) is 19.8 Å². The van der Waals surface area contributed by atoms with Crippen LogP contribution in [-0.4, -0.2) is 70.2 Å². The van der Waals surface area contributed by atoms with E-state index in [1.807, 2.05) is 0 Å². The molecule has 0 aromatic heterocycles. The Labute approximate surface area is 174 Å². The minimum absolute atomic E-state index is 0.923. The summed E-state index contributed by atoms with van der Waals surface area (Å²) in [5.74, 6) is 1.74. The summed E-state index contributed by atoms with van der Waals surface area (Å²) in [4.78, 5) is 24.0. The maximum Gasteiger partial charge on any atom is 0.414 e. The van der Waals surface area contributed by atoms with Crippen molar-refractivity contribution < 1.29 is 19.8 Å². The van der Waals surface area contributed by atoms with Gasteiger partial charge >= 0.3 is 11.9 Å². The van der Waals surface area contributed by atoms with E-state index in [0.29, 0.717) is 0 Å². The van der Waals surface area contributed by atoms with Crippen LogP contribution in [0.25, 0.3) is 0 Å². The lowest BCUT2D eigenvalue weighted by molar-refractivity contribution is -0.159. The number of nitrogens with zero attached hydrogens (tertiary/aromatic N) is 2. The molecule has 1 heterocycles. The quantitative estimate of drug-likeness (QED) is 0.686. The van der Waals surface area contributed by atoms with Crippen LogP contribution in [0.4, 0.5) is 0 Å². The molecule has 0 atom stereocenters. The Morgan fingerprint density at radius 1 is 0.690 bits per heavy atom. The molecule has 5 saturated carbocycles. The highest BCUT2D eigenvalue weighted by molar-refractivity contribution is 6.27. The summed E-state index contributed by atoms with van der Waals surface area (Å²) in [6, 6.07) is 1.91. The molecule has 4 bridgehead atoms. The fraction of sp³-hybridized carbons (Fsp3) is 0.913. The van der Waals surface area contributed by atoms with E-state index in [1.165, 1.54) is 51.9 Å². The van der Waals surface area contributed by atoms with E-state index in [9.17, 15) is 0 Å². The zero-order chi connectivity index (χ0) is 20.5. The minimum atomic E-state index is -1.82. The van der Waals surface area contributed by atoms with Crippen molar-refractivity contribution in [2.45, 2.75) is 76.8 Å². The Morgan fingerprint density at radius 3 is 1.59 bits per heavy atom. The molecule has 6 heteroatoms. The molecule has 0 aromatic carbocycles. The van der Waals surface area contributed by atoms with Gasteiger partial charge in [-0.1, -0.05) is 6.92 Å². The van der Waals surface area contributed by atoms with Crippen LogP contribution >= 0.6 is 0 Å². The Balaban J connectivity index is 0.000000302. The second-order valence-corrected chi connectivity index (χ2v) is 10.5. The van der Waals surface area contributed by atoms with Gasteiger partial charge in [0.2, 0.25) is 0 Å². The Kier molecular flexibility index (Phi) is 6.50.